The Hall–Kier alpha value is -1.65. The van der Waals surface area contributed by atoms with Crippen LogP contribution in [-0.4, -0.2) is 72.5 Å². The summed E-state index contributed by atoms with van der Waals surface area (Å²) < 4.78 is 0. The van der Waals surface area contributed by atoms with Crippen molar-refractivity contribution in [2.24, 2.45) is 4.99 Å². The molecule has 0 radical (unpaired) electrons. The fraction of sp³-hybridized carbons (Fsp3) is 0.684. The van der Waals surface area contributed by atoms with Crippen LogP contribution in [0.4, 0.5) is 5.95 Å². The number of piperazine rings is 1. The molecule has 0 aromatic carbocycles. The lowest BCUT2D eigenvalue weighted by Gasteiger charge is -2.34. The van der Waals surface area contributed by atoms with Gasteiger partial charge in [-0.2, -0.15) is 0 Å². The first-order chi connectivity index (χ1) is 13.2. The maximum Gasteiger partial charge on any atom is 0.225 e. The zero-order valence-corrected chi connectivity index (χ0v) is 19.4. The molecule has 1 saturated heterocycles. The maximum atomic E-state index is 12.5. The van der Waals surface area contributed by atoms with Gasteiger partial charge in [0.15, 0.2) is 5.96 Å². The minimum Gasteiger partial charge on any atom is -0.357 e. The number of nitrogens with one attached hydrogen (secondary N) is 2. The van der Waals surface area contributed by atoms with Crippen LogP contribution in [0.15, 0.2) is 23.5 Å². The maximum absolute atomic E-state index is 12.5. The number of hydrogen-bond acceptors (Lipinski definition) is 5. The molecule has 1 fully saturated rings. The molecule has 1 aromatic heterocycles. The van der Waals surface area contributed by atoms with Gasteiger partial charge in [-0.3, -0.25) is 9.79 Å². The van der Waals surface area contributed by atoms with Crippen molar-refractivity contribution in [1.29, 1.82) is 0 Å². The third-order valence-electron chi connectivity index (χ3n) is 4.47. The van der Waals surface area contributed by atoms with Crippen molar-refractivity contribution in [3.8, 4) is 0 Å². The van der Waals surface area contributed by atoms with Crippen LogP contribution in [0.3, 0.4) is 0 Å². The van der Waals surface area contributed by atoms with Gasteiger partial charge in [0, 0.05) is 64.6 Å². The van der Waals surface area contributed by atoms with Gasteiger partial charge < -0.3 is 20.4 Å². The largest absolute Gasteiger partial charge is 0.357 e. The van der Waals surface area contributed by atoms with Crippen LogP contribution >= 0.6 is 24.0 Å². The molecule has 28 heavy (non-hydrogen) atoms. The van der Waals surface area contributed by atoms with Gasteiger partial charge in [0.2, 0.25) is 11.9 Å². The number of amides is 1. The van der Waals surface area contributed by atoms with Crippen molar-refractivity contribution >= 4 is 41.8 Å². The van der Waals surface area contributed by atoms with Crippen molar-refractivity contribution in [2.75, 3.05) is 50.7 Å². The molecule has 2 heterocycles. The Balaban J connectivity index is 0.00000392. The molecule has 2 rings (SSSR count). The number of hydrogen-bond donors (Lipinski definition) is 2. The molecule has 0 unspecified atom stereocenters. The Kier molecular flexibility index (Phi) is 12.5. The van der Waals surface area contributed by atoms with Crippen molar-refractivity contribution in [2.45, 2.75) is 39.5 Å². The Morgan fingerprint density at radius 3 is 2.46 bits per heavy atom. The van der Waals surface area contributed by atoms with Crippen molar-refractivity contribution < 1.29 is 4.79 Å². The fourth-order valence-electron chi connectivity index (χ4n) is 2.95. The van der Waals surface area contributed by atoms with E-state index in [1.165, 1.54) is 12.8 Å². The highest BCUT2D eigenvalue weighted by molar-refractivity contribution is 14.0. The minimum absolute atomic E-state index is 0. The molecule has 9 heteroatoms. The van der Waals surface area contributed by atoms with Gasteiger partial charge >= 0.3 is 0 Å². The number of unbranched alkanes of at least 4 members (excludes halogenated alkanes) is 2. The van der Waals surface area contributed by atoms with E-state index in [-0.39, 0.29) is 29.9 Å². The van der Waals surface area contributed by atoms with Crippen LogP contribution in [-0.2, 0) is 4.79 Å². The summed E-state index contributed by atoms with van der Waals surface area (Å²) in [7, 11) is 0. The number of carbonyl (C=O) groups excluding carboxylic acids is 1. The summed E-state index contributed by atoms with van der Waals surface area (Å²) >= 11 is 0. The van der Waals surface area contributed by atoms with Crippen LogP contribution in [0.1, 0.15) is 39.5 Å². The standard InChI is InChI=1S/C19H33N7O.HI/c1-3-5-6-9-21-18(20-4-2)22-12-8-17(27)25-13-15-26(16-14-25)19-23-10-7-11-24-19;/h7,10-11H,3-6,8-9,12-16H2,1-2H3,(H2,20,21,22);1H. The first-order valence-electron chi connectivity index (χ1n) is 10.1. The molecule has 0 aliphatic carbocycles. The third kappa shape index (κ3) is 8.57. The van der Waals surface area contributed by atoms with Crippen LogP contribution < -0.4 is 15.5 Å². The highest BCUT2D eigenvalue weighted by Gasteiger charge is 2.22. The van der Waals surface area contributed by atoms with E-state index in [0.717, 1.165) is 44.5 Å². The number of carbonyl (C=O) groups is 1. The van der Waals surface area contributed by atoms with E-state index in [4.69, 9.17) is 0 Å². The van der Waals surface area contributed by atoms with E-state index < -0.39 is 0 Å². The van der Waals surface area contributed by atoms with Gasteiger partial charge in [-0.1, -0.05) is 19.8 Å². The summed E-state index contributed by atoms with van der Waals surface area (Å²) in [6.07, 6.45) is 7.45. The number of nitrogens with zero attached hydrogens (tertiary/aromatic N) is 5. The molecule has 0 saturated carbocycles. The zero-order valence-electron chi connectivity index (χ0n) is 17.1. The van der Waals surface area contributed by atoms with E-state index >= 15 is 0 Å². The van der Waals surface area contributed by atoms with E-state index in [1.54, 1.807) is 12.4 Å². The van der Waals surface area contributed by atoms with Crippen LogP contribution in [0.25, 0.3) is 0 Å². The lowest BCUT2D eigenvalue weighted by Crippen LogP contribution is -2.50. The first kappa shape index (κ1) is 24.4. The van der Waals surface area contributed by atoms with Crippen LogP contribution in [0, 0.1) is 0 Å². The molecule has 1 aromatic rings. The zero-order chi connectivity index (χ0) is 19.3. The molecular weight excluding hydrogens is 469 g/mol. The molecule has 158 valence electrons. The van der Waals surface area contributed by atoms with Gasteiger partial charge in [-0.15, -0.1) is 24.0 Å². The molecule has 1 aliphatic rings. The summed E-state index contributed by atoms with van der Waals surface area (Å²) in [5.74, 6) is 1.71. The van der Waals surface area contributed by atoms with Gasteiger partial charge in [-0.05, 0) is 19.4 Å². The molecule has 2 N–H and O–H groups in total. The van der Waals surface area contributed by atoms with Gasteiger partial charge in [0.1, 0.15) is 0 Å². The summed E-state index contributed by atoms with van der Waals surface area (Å²) in [5.41, 5.74) is 0. The van der Waals surface area contributed by atoms with Gasteiger partial charge in [0.25, 0.3) is 0 Å². The van der Waals surface area contributed by atoms with Crippen LogP contribution in [0.2, 0.25) is 0 Å². The Bertz CT molecular complexity index is 577. The molecule has 0 atom stereocenters. The van der Waals surface area contributed by atoms with E-state index in [2.05, 4.69) is 37.4 Å². The van der Waals surface area contributed by atoms with Gasteiger partial charge in [-0.25, -0.2) is 9.97 Å². The molecule has 1 aliphatic heterocycles. The van der Waals surface area contributed by atoms with Crippen LogP contribution in [0.5, 0.6) is 0 Å². The predicted molar refractivity (Wildman–Crippen MR) is 124 cm³/mol. The molecular formula is C19H34IN7O. The average Bonchev–Trinajstić information content (AvgIpc) is 2.72. The van der Waals surface area contributed by atoms with E-state index in [9.17, 15) is 4.79 Å². The second-order valence-electron chi connectivity index (χ2n) is 6.56. The Morgan fingerprint density at radius 1 is 1.11 bits per heavy atom. The number of aromatic nitrogens is 2. The number of rotatable bonds is 9. The normalized spacial score (nSPS) is 14.4. The lowest BCUT2D eigenvalue weighted by atomic mass is 10.2. The molecule has 0 bridgehead atoms. The molecule has 0 spiro atoms. The molecule has 1 amide bonds. The van der Waals surface area contributed by atoms with Crippen molar-refractivity contribution in [1.82, 2.24) is 25.5 Å². The van der Waals surface area contributed by atoms with Crippen molar-refractivity contribution in [3.05, 3.63) is 18.5 Å². The SMILES string of the molecule is CCCCCN=C(NCC)NCCC(=O)N1CCN(c2ncccn2)CC1.I. The highest BCUT2D eigenvalue weighted by atomic mass is 127. The van der Waals surface area contributed by atoms with E-state index in [1.807, 2.05) is 17.9 Å². The second-order valence-corrected chi connectivity index (χ2v) is 6.56. The Morgan fingerprint density at radius 2 is 1.82 bits per heavy atom. The number of anilines is 1. The third-order valence-corrected chi connectivity index (χ3v) is 4.47. The van der Waals surface area contributed by atoms with Gasteiger partial charge in [0.05, 0.1) is 0 Å². The predicted octanol–water partition coefficient (Wildman–Crippen LogP) is 1.88. The Labute approximate surface area is 185 Å². The lowest BCUT2D eigenvalue weighted by molar-refractivity contribution is -0.131. The summed E-state index contributed by atoms with van der Waals surface area (Å²) in [6.45, 7) is 9.42. The monoisotopic (exact) mass is 503 g/mol. The summed E-state index contributed by atoms with van der Waals surface area (Å²) in [6, 6.07) is 1.81. The molecule has 8 nitrogen and oxygen atoms in total. The quantitative estimate of drug-likeness (QED) is 0.232. The summed E-state index contributed by atoms with van der Waals surface area (Å²) in [4.78, 5) is 29.6. The van der Waals surface area contributed by atoms with E-state index in [0.29, 0.717) is 26.1 Å². The highest BCUT2D eigenvalue weighted by Crippen LogP contribution is 2.10. The van der Waals surface area contributed by atoms with Crippen molar-refractivity contribution in [3.63, 3.8) is 0 Å². The summed E-state index contributed by atoms with van der Waals surface area (Å²) in [5, 5.41) is 6.49. The fourth-order valence-corrected chi connectivity index (χ4v) is 2.95. The minimum atomic E-state index is 0. The number of guanidine groups is 1. The second kappa shape index (κ2) is 14.4. The average molecular weight is 503 g/mol. The topological polar surface area (TPSA) is 85.8 Å². The number of halogens is 1. The number of aliphatic imine (C=N–C) groups is 1. The first-order valence-corrected chi connectivity index (χ1v) is 10.1. The smallest absolute Gasteiger partial charge is 0.225 e.